The molecule has 1 heterocycles. The fourth-order valence-electron chi connectivity index (χ4n) is 2.08. The molecule has 2 aromatic carbocycles. The minimum Gasteiger partial charge on any atom is -0.497 e. The first-order chi connectivity index (χ1) is 11.2. The number of hydrazone groups is 1. The highest BCUT2D eigenvalue weighted by molar-refractivity contribution is 6.39. The van der Waals surface area contributed by atoms with Gasteiger partial charge in [0, 0.05) is 6.92 Å². The van der Waals surface area contributed by atoms with Crippen LogP contribution in [-0.2, 0) is 4.79 Å². The Bertz CT molecular complexity index is 868. The molecule has 0 aliphatic heterocycles. The molecule has 0 aliphatic rings. The average Bonchev–Trinajstić information content (AvgIpc) is 2.99. The Labute approximate surface area is 132 Å². The number of carbonyl (C=O) groups excluding carboxylic acids is 1. The topological polar surface area (TPSA) is 81.4 Å². The minimum atomic E-state index is -0.221. The Hall–Kier alpha value is -3.22. The molecule has 0 spiro atoms. The lowest BCUT2D eigenvalue weighted by molar-refractivity contribution is -0.111. The molecule has 7 heteroatoms. The van der Waals surface area contributed by atoms with Gasteiger partial charge in [-0.2, -0.15) is 9.78 Å². The molecule has 116 valence electrons. The Balaban J connectivity index is 1.93. The zero-order chi connectivity index (χ0) is 16.2. The fraction of sp³-hybridized carbons (Fsp3) is 0.125. The van der Waals surface area contributed by atoms with Gasteiger partial charge in [-0.05, 0) is 36.4 Å². The maximum Gasteiger partial charge on any atom is 0.218 e. The van der Waals surface area contributed by atoms with Crippen molar-refractivity contribution in [3.63, 3.8) is 0 Å². The number of methoxy groups -OCH3 is 1. The third-order valence-electron chi connectivity index (χ3n) is 3.25. The number of nitrogens with one attached hydrogen (secondary N) is 1. The van der Waals surface area contributed by atoms with Crippen LogP contribution >= 0.6 is 0 Å². The summed E-state index contributed by atoms with van der Waals surface area (Å²) in [4.78, 5) is 11.9. The first kappa shape index (κ1) is 14.7. The van der Waals surface area contributed by atoms with Crippen LogP contribution in [0.2, 0.25) is 0 Å². The molecule has 0 atom stereocenters. The molecular formula is C16H15N5O2. The van der Waals surface area contributed by atoms with Crippen LogP contribution in [0.5, 0.6) is 5.75 Å². The molecule has 1 N–H and O–H groups in total. The van der Waals surface area contributed by atoms with Gasteiger partial charge >= 0.3 is 0 Å². The molecule has 7 nitrogen and oxygen atoms in total. The number of para-hydroxylation sites is 1. The van der Waals surface area contributed by atoms with Gasteiger partial charge in [-0.15, -0.1) is 5.10 Å². The van der Waals surface area contributed by atoms with E-state index in [1.807, 2.05) is 24.3 Å². The lowest BCUT2D eigenvalue weighted by atomic mass is 10.3. The Kier molecular flexibility index (Phi) is 4.01. The number of Topliss-reactive ketones (excluding diaryl/α,β-unsaturated/α-hetero) is 1. The van der Waals surface area contributed by atoms with Gasteiger partial charge in [0.15, 0.2) is 5.78 Å². The quantitative estimate of drug-likeness (QED) is 0.454. The van der Waals surface area contributed by atoms with E-state index in [1.54, 1.807) is 31.4 Å². The van der Waals surface area contributed by atoms with Gasteiger partial charge in [0.25, 0.3) is 0 Å². The number of anilines is 1. The Morgan fingerprint density at radius 3 is 2.61 bits per heavy atom. The summed E-state index contributed by atoms with van der Waals surface area (Å²) in [5.41, 5.74) is 5.00. The van der Waals surface area contributed by atoms with E-state index in [0.29, 0.717) is 5.52 Å². The standard InChI is InChI=1S/C16H15N5O2/c1-11(22)16(19-17-12-7-9-13(23-2)10-8-12)21-15-6-4-3-5-14(15)18-20-21/h3-10,17H,1-2H3/b19-16-. The largest absolute Gasteiger partial charge is 0.497 e. The van der Waals surface area contributed by atoms with Crippen molar-refractivity contribution in [1.82, 2.24) is 15.0 Å². The predicted octanol–water partition coefficient (Wildman–Crippen LogP) is 2.30. The molecule has 0 fully saturated rings. The highest BCUT2D eigenvalue weighted by Crippen LogP contribution is 2.15. The zero-order valence-electron chi connectivity index (χ0n) is 12.7. The molecule has 0 saturated heterocycles. The molecule has 0 bridgehead atoms. The van der Waals surface area contributed by atoms with Crippen molar-refractivity contribution in [1.29, 1.82) is 0 Å². The number of hydrogen-bond acceptors (Lipinski definition) is 6. The van der Waals surface area contributed by atoms with E-state index in [-0.39, 0.29) is 11.6 Å². The fourth-order valence-corrected chi connectivity index (χ4v) is 2.08. The van der Waals surface area contributed by atoms with Crippen LogP contribution in [0.4, 0.5) is 5.69 Å². The van der Waals surface area contributed by atoms with Crippen LogP contribution in [0.3, 0.4) is 0 Å². The normalized spacial score (nSPS) is 11.5. The second-order valence-electron chi connectivity index (χ2n) is 4.82. The molecule has 0 unspecified atom stereocenters. The molecule has 3 aromatic rings. The lowest BCUT2D eigenvalue weighted by Crippen LogP contribution is -2.23. The van der Waals surface area contributed by atoms with Crippen molar-refractivity contribution < 1.29 is 9.53 Å². The van der Waals surface area contributed by atoms with Crippen molar-refractivity contribution in [3.8, 4) is 5.75 Å². The molecule has 3 rings (SSSR count). The highest BCUT2D eigenvalue weighted by atomic mass is 16.5. The Morgan fingerprint density at radius 2 is 1.91 bits per heavy atom. The van der Waals surface area contributed by atoms with Crippen LogP contribution in [-0.4, -0.2) is 33.7 Å². The molecule has 0 radical (unpaired) electrons. The number of rotatable bonds is 4. The summed E-state index contributed by atoms with van der Waals surface area (Å²) >= 11 is 0. The number of nitrogens with zero attached hydrogens (tertiary/aromatic N) is 4. The van der Waals surface area contributed by atoms with Crippen LogP contribution in [0, 0.1) is 0 Å². The third-order valence-corrected chi connectivity index (χ3v) is 3.25. The number of ether oxygens (including phenoxy) is 1. The van der Waals surface area contributed by atoms with Gasteiger partial charge in [-0.1, -0.05) is 17.3 Å². The molecule has 23 heavy (non-hydrogen) atoms. The first-order valence-electron chi connectivity index (χ1n) is 6.98. The monoisotopic (exact) mass is 309 g/mol. The average molecular weight is 309 g/mol. The van der Waals surface area contributed by atoms with Crippen LogP contribution < -0.4 is 10.2 Å². The maximum absolute atomic E-state index is 11.9. The van der Waals surface area contributed by atoms with E-state index in [9.17, 15) is 4.79 Å². The van der Waals surface area contributed by atoms with E-state index in [0.717, 1.165) is 17.0 Å². The Morgan fingerprint density at radius 1 is 1.17 bits per heavy atom. The second-order valence-corrected chi connectivity index (χ2v) is 4.82. The molecular weight excluding hydrogens is 294 g/mol. The maximum atomic E-state index is 11.9. The zero-order valence-corrected chi connectivity index (χ0v) is 12.7. The summed E-state index contributed by atoms with van der Waals surface area (Å²) in [6, 6.07) is 14.6. The lowest BCUT2D eigenvalue weighted by Gasteiger charge is -2.06. The summed E-state index contributed by atoms with van der Waals surface area (Å²) in [5, 5.41) is 12.2. The van der Waals surface area contributed by atoms with Crippen molar-refractivity contribution in [2.45, 2.75) is 6.92 Å². The van der Waals surface area contributed by atoms with Crippen LogP contribution in [0.25, 0.3) is 11.0 Å². The van der Waals surface area contributed by atoms with E-state index in [1.165, 1.54) is 11.6 Å². The van der Waals surface area contributed by atoms with Crippen LogP contribution in [0.1, 0.15) is 6.92 Å². The van der Waals surface area contributed by atoms with Gasteiger partial charge < -0.3 is 4.74 Å². The summed E-state index contributed by atoms with van der Waals surface area (Å²) in [5.74, 6) is 0.685. The minimum absolute atomic E-state index is 0.162. The first-order valence-corrected chi connectivity index (χ1v) is 6.98. The number of hydrogen-bond donors (Lipinski definition) is 1. The summed E-state index contributed by atoms with van der Waals surface area (Å²) in [6.07, 6.45) is 0. The highest BCUT2D eigenvalue weighted by Gasteiger charge is 2.14. The SMILES string of the molecule is COc1ccc(N/N=C(/C(C)=O)n2nnc3ccccc32)cc1. The van der Waals surface area contributed by atoms with E-state index in [2.05, 4.69) is 20.8 Å². The number of benzene rings is 2. The van der Waals surface area contributed by atoms with Crippen molar-refractivity contribution >= 4 is 28.3 Å². The van der Waals surface area contributed by atoms with Gasteiger partial charge in [-0.3, -0.25) is 10.2 Å². The number of aromatic nitrogens is 3. The number of carbonyl (C=O) groups is 1. The van der Waals surface area contributed by atoms with Gasteiger partial charge in [-0.25, -0.2) is 0 Å². The predicted molar refractivity (Wildman–Crippen MR) is 87.7 cm³/mol. The van der Waals surface area contributed by atoms with Crippen molar-refractivity contribution in [3.05, 3.63) is 48.5 Å². The second kappa shape index (κ2) is 6.27. The van der Waals surface area contributed by atoms with E-state index in [4.69, 9.17) is 4.74 Å². The van der Waals surface area contributed by atoms with E-state index >= 15 is 0 Å². The number of ketones is 1. The van der Waals surface area contributed by atoms with Gasteiger partial charge in [0.1, 0.15) is 11.3 Å². The molecule has 0 amide bonds. The molecule has 1 aromatic heterocycles. The smallest absolute Gasteiger partial charge is 0.218 e. The van der Waals surface area contributed by atoms with Crippen molar-refractivity contribution in [2.75, 3.05) is 12.5 Å². The van der Waals surface area contributed by atoms with Gasteiger partial charge in [0.2, 0.25) is 5.84 Å². The van der Waals surface area contributed by atoms with Gasteiger partial charge in [0.05, 0.1) is 18.3 Å². The van der Waals surface area contributed by atoms with E-state index < -0.39 is 0 Å². The summed E-state index contributed by atoms with van der Waals surface area (Å²) in [7, 11) is 1.60. The molecule has 0 aliphatic carbocycles. The third kappa shape index (κ3) is 3.03. The summed E-state index contributed by atoms with van der Waals surface area (Å²) in [6.45, 7) is 1.44. The summed E-state index contributed by atoms with van der Waals surface area (Å²) < 4.78 is 6.52. The van der Waals surface area contributed by atoms with Crippen LogP contribution in [0.15, 0.2) is 53.6 Å². The molecule has 0 saturated carbocycles. The van der Waals surface area contributed by atoms with Crippen molar-refractivity contribution in [2.24, 2.45) is 5.10 Å². The number of fused-ring (bicyclic) bond motifs is 1.